The second-order valence-electron chi connectivity index (χ2n) is 4.20. The first-order valence-corrected chi connectivity index (χ1v) is 5.29. The van der Waals surface area contributed by atoms with E-state index in [1.807, 2.05) is 0 Å². The van der Waals surface area contributed by atoms with E-state index in [9.17, 15) is 19.8 Å². The largest absolute Gasteiger partial charge is 0.389 e. The van der Waals surface area contributed by atoms with Gasteiger partial charge in [0.15, 0.2) is 0 Å². The highest BCUT2D eigenvalue weighted by Gasteiger charge is 2.31. The normalized spacial score (nSPS) is 25.4. The van der Waals surface area contributed by atoms with E-state index in [4.69, 9.17) is 4.52 Å². The molecule has 2 rings (SSSR count). The molecular formula is C10H14N2O5. The number of nitrogens with zero attached hydrogens (tertiary/aromatic N) is 2. The first-order chi connectivity index (χ1) is 7.97. The maximum absolute atomic E-state index is 11.7. The van der Waals surface area contributed by atoms with Gasteiger partial charge in [0, 0.05) is 19.2 Å². The SMILES string of the molecule is Cc1cc(=O)n(C(=O)CN2C[C@@H](O)[C@@H](O)C2)o1. The molecule has 0 radical (unpaired) electrons. The monoisotopic (exact) mass is 242 g/mol. The Bertz CT molecular complexity index is 467. The summed E-state index contributed by atoms with van der Waals surface area (Å²) in [6.45, 7) is 1.93. The molecule has 2 N–H and O–H groups in total. The minimum atomic E-state index is -0.849. The number of carbonyl (C=O) groups excluding carboxylic acids is 1. The minimum absolute atomic E-state index is 0.0685. The van der Waals surface area contributed by atoms with Gasteiger partial charge in [-0.1, -0.05) is 0 Å². The zero-order valence-electron chi connectivity index (χ0n) is 9.37. The Balaban J connectivity index is 2.03. The molecule has 94 valence electrons. The molecule has 0 aliphatic carbocycles. The summed E-state index contributed by atoms with van der Waals surface area (Å²) in [7, 11) is 0. The third-order valence-corrected chi connectivity index (χ3v) is 2.68. The molecule has 0 spiro atoms. The fourth-order valence-corrected chi connectivity index (χ4v) is 1.85. The highest BCUT2D eigenvalue weighted by molar-refractivity contribution is 5.79. The molecule has 0 aromatic carbocycles. The lowest BCUT2D eigenvalue weighted by molar-refractivity contribution is 0.0572. The standard InChI is InChI=1S/C10H14N2O5/c1-6-2-9(15)12(17-6)10(16)5-11-3-7(13)8(14)4-11/h2,7-8,13-14H,3-5H2,1H3/t7-,8+. The number of aliphatic hydroxyl groups excluding tert-OH is 2. The Hall–Kier alpha value is -1.44. The number of hydrogen-bond acceptors (Lipinski definition) is 6. The van der Waals surface area contributed by atoms with Crippen LogP contribution in [0.15, 0.2) is 15.4 Å². The topological polar surface area (TPSA) is 95.9 Å². The minimum Gasteiger partial charge on any atom is -0.389 e. The number of carbonyl (C=O) groups is 1. The zero-order chi connectivity index (χ0) is 12.6. The van der Waals surface area contributed by atoms with Crippen LogP contribution in [0.3, 0.4) is 0 Å². The summed E-state index contributed by atoms with van der Waals surface area (Å²) in [6, 6.07) is 1.23. The molecule has 1 fully saturated rings. The predicted molar refractivity (Wildman–Crippen MR) is 56.8 cm³/mol. The van der Waals surface area contributed by atoms with Crippen molar-refractivity contribution >= 4 is 5.91 Å². The molecule has 7 nitrogen and oxygen atoms in total. The summed E-state index contributed by atoms with van der Waals surface area (Å²) in [5, 5.41) is 18.6. The van der Waals surface area contributed by atoms with Crippen LogP contribution in [0.25, 0.3) is 0 Å². The number of aromatic nitrogens is 1. The molecule has 1 aliphatic rings. The van der Waals surface area contributed by atoms with Gasteiger partial charge in [-0.3, -0.25) is 14.5 Å². The molecule has 1 saturated heterocycles. The van der Waals surface area contributed by atoms with Crippen molar-refractivity contribution in [3.8, 4) is 0 Å². The van der Waals surface area contributed by atoms with Gasteiger partial charge in [0.05, 0.1) is 18.8 Å². The molecule has 17 heavy (non-hydrogen) atoms. The van der Waals surface area contributed by atoms with E-state index in [1.54, 1.807) is 11.8 Å². The van der Waals surface area contributed by atoms with Crippen LogP contribution in [0.2, 0.25) is 0 Å². The van der Waals surface area contributed by atoms with E-state index >= 15 is 0 Å². The summed E-state index contributed by atoms with van der Waals surface area (Å²) in [5.74, 6) is -0.144. The quantitative estimate of drug-likeness (QED) is 0.650. The molecule has 1 aromatic heterocycles. The fourth-order valence-electron chi connectivity index (χ4n) is 1.85. The average Bonchev–Trinajstić information content (AvgIpc) is 2.71. The summed E-state index contributed by atoms with van der Waals surface area (Å²) in [5.41, 5.74) is -0.507. The molecule has 1 aromatic rings. The average molecular weight is 242 g/mol. The Morgan fingerprint density at radius 2 is 2.06 bits per heavy atom. The van der Waals surface area contributed by atoms with Crippen LogP contribution in [0.4, 0.5) is 0 Å². The van der Waals surface area contributed by atoms with Gasteiger partial charge < -0.3 is 14.7 Å². The van der Waals surface area contributed by atoms with Gasteiger partial charge in [0.1, 0.15) is 5.76 Å². The van der Waals surface area contributed by atoms with Crippen LogP contribution < -0.4 is 5.56 Å². The van der Waals surface area contributed by atoms with Crippen molar-refractivity contribution in [2.24, 2.45) is 0 Å². The molecule has 0 unspecified atom stereocenters. The molecule has 0 amide bonds. The Labute approximate surface area is 96.8 Å². The van der Waals surface area contributed by atoms with Crippen LogP contribution in [0.5, 0.6) is 0 Å². The maximum Gasteiger partial charge on any atom is 0.290 e. The smallest absolute Gasteiger partial charge is 0.290 e. The van der Waals surface area contributed by atoms with E-state index in [0.717, 1.165) is 0 Å². The van der Waals surface area contributed by atoms with Gasteiger partial charge in [-0.2, -0.15) is 0 Å². The zero-order valence-corrected chi connectivity index (χ0v) is 9.37. The van der Waals surface area contributed by atoms with E-state index in [1.165, 1.54) is 6.07 Å². The molecule has 2 heterocycles. The number of aliphatic hydroxyl groups is 2. The molecule has 7 heteroatoms. The van der Waals surface area contributed by atoms with Gasteiger partial charge in [0.25, 0.3) is 11.5 Å². The van der Waals surface area contributed by atoms with Crippen LogP contribution in [0, 0.1) is 6.92 Å². The Morgan fingerprint density at radius 1 is 1.47 bits per heavy atom. The summed E-state index contributed by atoms with van der Waals surface area (Å²) in [4.78, 5) is 24.6. The number of hydrogen-bond donors (Lipinski definition) is 2. The first-order valence-electron chi connectivity index (χ1n) is 5.29. The van der Waals surface area contributed by atoms with Crippen molar-refractivity contribution in [3.05, 3.63) is 22.2 Å². The highest BCUT2D eigenvalue weighted by atomic mass is 16.5. The predicted octanol–water partition coefficient (Wildman–Crippen LogP) is -1.57. The van der Waals surface area contributed by atoms with Crippen molar-refractivity contribution in [2.75, 3.05) is 19.6 Å². The highest BCUT2D eigenvalue weighted by Crippen LogP contribution is 2.09. The molecule has 0 saturated carbocycles. The number of likely N-dealkylation sites (tertiary alicyclic amines) is 1. The Morgan fingerprint density at radius 3 is 2.53 bits per heavy atom. The second-order valence-corrected chi connectivity index (χ2v) is 4.20. The van der Waals surface area contributed by atoms with Gasteiger partial charge in [-0.05, 0) is 6.92 Å². The van der Waals surface area contributed by atoms with E-state index < -0.39 is 23.7 Å². The maximum atomic E-state index is 11.7. The van der Waals surface area contributed by atoms with Gasteiger partial charge >= 0.3 is 0 Å². The number of β-amino-alcohol motifs (C(OH)–C–C–N with tert-alkyl or cyclic N) is 2. The van der Waals surface area contributed by atoms with Gasteiger partial charge in [-0.25, -0.2) is 0 Å². The van der Waals surface area contributed by atoms with Crippen molar-refractivity contribution in [3.63, 3.8) is 0 Å². The van der Waals surface area contributed by atoms with Crippen molar-refractivity contribution in [1.29, 1.82) is 0 Å². The van der Waals surface area contributed by atoms with Crippen LogP contribution in [0.1, 0.15) is 10.6 Å². The van der Waals surface area contributed by atoms with Gasteiger partial charge in [-0.15, -0.1) is 4.74 Å². The molecule has 2 atom stereocenters. The van der Waals surface area contributed by atoms with Crippen LogP contribution in [-0.4, -0.2) is 57.6 Å². The first kappa shape index (κ1) is 12.0. The van der Waals surface area contributed by atoms with Crippen molar-refractivity contribution < 1.29 is 19.5 Å². The lowest BCUT2D eigenvalue weighted by atomic mass is 10.3. The van der Waals surface area contributed by atoms with Crippen LogP contribution in [-0.2, 0) is 0 Å². The summed E-state index contributed by atoms with van der Waals surface area (Å²) < 4.78 is 5.63. The lowest BCUT2D eigenvalue weighted by Crippen LogP contribution is -2.34. The molecular weight excluding hydrogens is 228 g/mol. The summed E-state index contributed by atoms with van der Waals surface area (Å²) >= 11 is 0. The summed E-state index contributed by atoms with van der Waals surface area (Å²) in [6.07, 6.45) is -1.70. The second kappa shape index (κ2) is 4.44. The van der Waals surface area contributed by atoms with E-state index in [0.29, 0.717) is 10.5 Å². The number of rotatable bonds is 2. The van der Waals surface area contributed by atoms with Crippen molar-refractivity contribution in [1.82, 2.24) is 9.64 Å². The van der Waals surface area contributed by atoms with Gasteiger partial charge in [0.2, 0.25) is 0 Å². The lowest BCUT2D eigenvalue weighted by Gasteiger charge is -2.12. The Kier molecular flexibility index (Phi) is 3.14. The van der Waals surface area contributed by atoms with E-state index in [2.05, 4.69) is 0 Å². The van der Waals surface area contributed by atoms with E-state index in [-0.39, 0.29) is 19.6 Å². The molecule has 0 bridgehead atoms. The van der Waals surface area contributed by atoms with Crippen LogP contribution >= 0.6 is 0 Å². The molecule has 1 aliphatic heterocycles. The third-order valence-electron chi connectivity index (χ3n) is 2.68. The van der Waals surface area contributed by atoms with Crippen molar-refractivity contribution in [2.45, 2.75) is 19.1 Å². The third kappa shape index (κ3) is 2.46. The fraction of sp³-hybridized carbons (Fsp3) is 0.600. The number of aryl methyl sites for hydroxylation is 1.